The molecule has 0 radical (unpaired) electrons. The van der Waals surface area contributed by atoms with E-state index in [0.29, 0.717) is 5.56 Å². The van der Waals surface area contributed by atoms with Crippen molar-refractivity contribution in [2.75, 3.05) is 6.54 Å². The molecule has 0 bridgehead atoms. The number of halogens is 1. The third-order valence-electron chi connectivity index (χ3n) is 2.90. The Morgan fingerprint density at radius 1 is 1.39 bits per heavy atom. The fourth-order valence-corrected chi connectivity index (χ4v) is 2.60. The zero-order valence-corrected chi connectivity index (χ0v) is 11.6. The van der Waals surface area contributed by atoms with Gasteiger partial charge in [0.2, 0.25) is 0 Å². The molecule has 0 aliphatic carbocycles. The average molecular weight is 361 g/mol. The number of aliphatic hydroxyl groups is 1. The predicted octanol–water partition coefficient (Wildman–Crippen LogP) is 0.951. The van der Waals surface area contributed by atoms with Crippen molar-refractivity contribution in [1.82, 2.24) is 4.90 Å². The van der Waals surface area contributed by atoms with Gasteiger partial charge >= 0.3 is 5.97 Å². The number of hydrogen-bond donors (Lipinski definition) is 2. The van der Waals surface area contributed by atoms with E-state index in [4.69, 9.17) is 5.11 Å². The van der Waals surface area contributed by atoms with Crippen LogP contribution in [0.2, 0.25) is 0 Å². The second-order valence-electron chi connectivity index (χ2n) is 4.21. The minimum absolute atomic E-state index is 0.0707. The summed E-state index contributed by atoms with van der Waals surface area (Å²) in [6, 6.07) is 6.01. The molecule has 0 unspecified atom stereocenters. The smallest absolute Gasteiger partial charge is 0.326 e. The van der Waals surface area contributed by atoms with Crippen molar-refractivity contribution >= 4 is 34.5 Å². The first-order chi connectivity index (χ1) is 8.49. The summed E-state index contributed by atoms with van der Waals surface area (Å²) in [6.45, 7) is 0.0707. The van der Waals surface area contributed by atoms with Gasteiger partial charge in [-0.2, -0.15) is 0 Å². The summed E-state index contributed by atoms with van der Waals surface area (Å²) in [5.74, 6) is -1.43. The number of likely N-dealkylation sites (tertiary alicyclic amines) is 1. The maximum absolute atomic E-state index is 12.2. The van der Waals surface area contributed by atoms with Gasteiger partial charge in [0, 0.05) is 22.1 Å². The molecule has 0 spiro atoms. The van der Waals surface area contributed by atoms with Gasteiger partial charge < -0.3 is 15.1 Å². The number of carbonyl (C=O) groups excluding carboxylic acids is 1. The molecule has 1 aromatic rings. The Hall–Kier alpha value is -1.15. The monoisotopic (exact) mass is 361 g/mol. The standard InChI is InChI=1S/C12H12INO4/c13-8-3-1-2-7(4-8)11(16)14-6-9(15)5-10(14)12(17)18/h1-4,9-10,15H,5-6H2,(H,17,18)/t9-,10-/m0/s1. The van der Waals surface area contributed by atoms with Gasteiger partial charge in [0.25, 0.3) is 5.91 Å². The minimum atomic E-state index is -1.08. The van der Waals surface area contributed by atoms with Gasteiger partial charge in [-0.05, 0) is 40.8 Å². The number of carbonyl (C=O) groups is 2. The van der Waals surface area contributed by atoms with Crippen LogP contribution in [0.15, 0.2) is 24.3 Å². The highest BCUT2D eigenvalue weighted by atomic mass is 127. The lowest BCUT2D eigenvalue weighted by Gasteiger charge is -2.21. The van der Waals surface area contributed by atoms with Crippen LogP contribution >= 0.6 is 22.6 Å². The first kappa shape index (κ1) is 13.3. The molecule has 2 rings (SSSR count). The van der Waals surface area contributed by atoms with Gasteiger partial charge in [-0.25, -0.2) is 4.79 Å². The zero-order chi connectivity index (χ0) is 13.3. The number of benzene rings is 1. The van der Waals surface area contributed by atoms with Crippen LogP contribution in [-0.4, -0.2) is 45.7 Å². The van der Waals surface area contributed by atoms with Crippen LogP contribution in [0.5, 0.6) is 0 Å². The van der Waals surface area contributed by atoms with Gasteiger partial charge in [-0.3, -0.25) is 4.79 Å². The highest BCUT2D eigenvalue weighted by Crippen LogP contribution is 2.21. The van der Waals surface area contributed by atoms with E-state index in [2.05, 4.69) is 22.6 Å². The zero-order valence-electron chi connectivity index (χ0n) is 9.41. The SMILES string of the molecule is O=C(O)[C@@H]1C[C@H](O)CN1C(=O)c1cccc(I)c1. The molecule has 6 heteroatoms. The van der Waals surface area contributed by atoms with Crippen LogP contribution in [0.1, 0.15) is 16.8 Å². The van der Waals surface area contributed by atoms with E-state index in [-0.39, 0.29) is 18.9 Å². The summed E-state index contributed by atoms with van der Waals surface area (Å²) in [5.41, 5.74) is 0.447. The Balaban J connectivity index is 2.25. The molecule has 2 N–H and O–H groups in total. The predicted molar refractivity (Wildman–Crippen MR) is 72.2 cm³/mol. The van der Waals surface area contributed by atoms with E-state index in [0.717, 1.165) is 3.57 Å². The molecule has 1 heterocycles. The van der Waals surface area contributed by atoms with Crippen molar-refractivity contribution in [3.05, 3.63) is 33.4 Å². The molecule has 96 valence electrons. The molecular formula is C12H12INO4. The number of aliphatic carboxylic acids is 1. The minimum Gasteiger partial charge on any atom is -0.480 e. The summed E-state index contributed by atoms with van der Waals surface area (Å²) in [4.78, 5) is 24.5. The summed E-state index contributed by atoms with van der Waals surface area (Å²) in [6.07, 6.45) is -0.678. The van der Waals surface area contributed by atoms with Crippen molar-refractivity contribution in [3.63, 3.8) is 0 Å². The topological polar surface area (TPSA) is 77.8 Å². The number of β-amino-alcohol motifs (C(OH)–C–C–N with tert-alkyl or cyclic N) is 1. The quantitative estimate of drug-likeness (QED) is 0.769. The summed E-state index contributed by atoms with van der Waals surface area (Å²) < 4.78 is 0.907. The molecule has 1 aliphatic rings. The van der Waals surface area contributed by atoms with E-state index in [1.54, 1.807) is 18.2 Å². The van der Waals surface area contributed by atoms with Crippen LogP contribution in [-0.2, 0) is 4.79 Å². The molecule has 1 amide bonds. The first-order valence-corrected chi connectivity index (χ1v) is 6.54. The normalized spacial score (nSPS) is 23.1. The van der Waals surface area contributed by atoms with Crippen molar-refractivity contribution in [3.8, 4) is 0 Å². The van der Waals surface area contributed by atoms with Crippen molar-refractivity contribution < 1.29 is 19.8 Å². The lowest BCUT2D eigenvalue weighted by Crippen LogP contribution is -2.40. The van der Waals surface area contributed by atoms with E-state index < -0.39 is 18.1 Å². The second-order valence-corrected chi connectivity index (χ2v) is 5.46. The van der Waals surface area contributed by atoms with E-state index in [1.165, 1.54) is 4.90 Å². The Bertz CT molecular complexity index is 491. The summed E-state index contributed by atoms with van der Waals surface area (Å²) in [5, 5.41) is 18.6. The molecule has 0 aromatic heterocycles. The highest BCUT2D eigenvalue weighted by Gasteiger charge is 2.39. The van der Waals surface area contributed by atoms with Gasteiger partial charge in [0.05, 0.1) is 6.10 Å². The van der Waals surface area contributed by atoms with Gasteiger partial charge in [-0.1, -0.05) is 6.07 Å². The third-order valence-corrected chi connectivity index (χ3v) is 3.57. The van der Waals surface area contributed by atoms with Crippen LogP contribution in [0.25, 0.3) is 0 Å². The van der Waals surface area contributed by atoms with Crippen molar-refractivity contribution in [2.24, 2.45) is 0 Å². The van der Waals surface area contributed by atoms with Crippen LogP contribution in [0, 0.1) is 3.57 Å². The number of aliphatic hydroxyl groups excluding tert-OH is 1. The van der Waals surface area contributed by atoms with Crippen LogP contribution in [0.3, 0.4) is 0 Å². The van der Waals surface area contributed by atoms with E-state index in [9.17, 15) is 14.7 Å². The van der Waals surface area contributed by atoms with Crippen molar-refractivity contribution in [1.29, 1.82) is 0 Å². The number of nitrogens with zero attached hydrogens (tertiary/aromatic N) is 1. The Morgan fingerprint density at radius 3 is 2.72 bits per heavy atom. The van der Waals surface area contributed by atoms with Gasteiger partial charge in [-0.15, -0.1) is 0 Å². The third kappa shape index (κ3) is 2.64. The Labute approximate surface area is 118 Å². The molecule has 1 fully saturated rings. The fraction of sp³-hybridized carbons (Fsp3) is 0.333. The average Bonchev–Trinajstić information content (AvgIpc) is 2.70. The molecule has 1 aromatic carbocycles. The highest BCUT2D eigenvalue weighted by molar-refractivity contribution is 14.1. The number of rotatable bonds is 2. The first-order valence-electron chi connectivity index (χ1n) is 5.46. The fourth-order valence-electron chi connectivity index (χ4n) is 2.06. The second kappa shape index (κ2) is 5.23. The number of hydrogen-bond acceptors (Lipinski definition) is 3. The van der Waals surface area contributed by atoms with Gasteiger partial charge in [0.1, 0.15) is 6.04 Å². The summed E-state index contributed by atoms with van der Waals surface area (Å²) in [7, 11) is 0. The molecule has 18 heavy (non-hydrogen) atoms. The van der Waals surface area contributed by atoms with Crippen LogP contribution in [0.4, 0.5) is 0 Å². The van der Waals surface area contributed by atoms with Crippen LogP contribution < -0.4 is 0 Å². The van der Waals surface area contributed by atoms with E-state index in [1.807, 2.05) is 6.07 Å². The molecule has 1 aliphatic heterocycles. The summed E-state index contributed by atoms with van der Waals surface area (Å²) >= 11 is 2.09. The number of carboxylic acids is 1. The Morgan fingerprint density at radius 2 is 2.11 bits per heavy atom. The van der Waals surface area contributed by atoms with Crippen molar-refractivity contribution in [2.45, 2.75) is 18.6 Å². The lowest BCUT2D eigenvalue weighted by molar-refractivity contribution is -0.141. The molecule has 0 saturated carbocycles. The molecule has 1 saturated heterocycles. The largest absolute Gasteiger partial charge is 0.480 e. The Kier molecular flexibility index (Phi) is 3.86. The maximum atomic E-state index is 12.2. The van der Waals surface area contributed by atoms with E-state index >= 15 is 0 Å². The molecular weight excluding hydrogens is 349 g/mol. The molecule has 5 nitrogen and oxygen atoms in total. The maximum Gasteiger partial charge on any atom is 0.326 e. The number of amides is 1. The van der Waals surface area contributed by atoms with Gasteiger partial charge in [0.15, 0.2) is 0 Å². The molecule has 2 atom stereocenters. The lowest BCUT2D eigenvalue weighted by atomic mass is 10.1. The number of carboxylic acid groups (broad SMARTS) is 1.